The molecular formula is C21H32O3. The van der Waals surface area contributed by atoms with Crippen molar-refractivity contribution in [1.82, 2.24) is 0 Å². The topological polar surface area (TPSA) is 43.4 Å². The van der Waals surface area contributed by atoms with Gasteiger partial charge in [0.15, 0.2) is 0 Å². The zero-order valence-corrected chi connectivity index (χ0v) is 15.1. The molecule has 134 valence electrons. The number of Topliss-reactive ketones (excluding diaryl/α,β-unsaturated/α-hetero) is 1. The molecule has 24 heavy (non-hydrogen) atoms. The first-order valence-electron chi connectivity index (χ1n) is 9.48. The molecule has 0 spiro atoms. The summed E-state index contributed by atoms with van der Waals surface area (Å²) >= 11 is 0. The van der Waals surface area contributed by atoms with Gasteiger partial charge in [0.1, 0.15) is 6.61 Å². The van der Waals surface area contributed by atoms with E-state index in [0.29, 0.717) is 6.42 Å². The second-order valence-electron chi connectivity index (χ2n) is 6.42. The van der Waals surface area contributed by atoms with Crippen LogP contribution in [0.1, 0.15) is 83.1 Å². The van der Waals surface area contributed by atoms with Crippen LogP contribution in [0.3, 0.4) is 0 Å². The largest absolute Gasteiger partial charge is 0.455 e. The second kappa shape index (κ2) is 13.8. The molecule has 0 bridgehead atoms. The standard InChI is InChI=1S/C21H32O3/c1-2-3-4-5-6-7-8-9-10-14-17-20(22)21(23)24-18-19-15-12-11-13-16-19/h11-13,15-16H,2-10,14,17-18H2,1H3. The minimum Gasteiger partial charge on any atom is -0.455 e. The summed E-state index contributed by atoms with van der Waals surface area (Å²) in [7, 11) is 0. The van der Waals surface area contributed by atoms with E-state index in [1.807, 2.05) is 30.3 Å². The van der Waals surface area contributed by atoms with Crippen LogP contribution in [0.15, 0.2) is 30.3 Å². The first-order chi connectivity index (χ1) is 11.7. The third-order valence-electron chi connectivity index (χ3n) is 4.20. The molecular weight excluding hydrogens is 300 g/mol. The van der Waals surface area contributed by atoms with Crippen LogP contribution in [-0.4, -0.2) is 11.8 Å². The van der Waals surface area contributed by atoms with E-state index in [9.17, 15) is 9.59 Å². The van der Waals surface area contributed by atoms with Crippen molar-refractivity contribution in [3.05, 3.63) is 35.9 Å². The molecule has 1 aromatic carbocycles. The Bertz CT molecular complexity index is 453. The van der Waals surface area contributed by atoms with Gasteiger partial charge in [-0.15, -0.1) is 0 Å². The first kappa shape index (κ1) is 20.4. The van der Waals surface area contributed by atoms with E-state index in [-0.39, 0.29) is 6.61 Å². The van der Waals surface area contributed by atoms with E-state index >= 15 is 0 Å². The molecule has 0 aliphatic heterocycles. The number of carbonyl (C=O) groups excluding carboxylic acids is 2. The summed E-state index contributed by atoms with van der Waals surface area (Å²) < 4.78 is 5.04. The smallest absolute Gasteiger partial charge is 0.374 e. The fourth-order valence-electron chi connectivity index (χ4n) is 2.68. The van der Waals surface area contributed by atoms with E-state index in [1.54, 1.807) is 0 Å². The average molecular weight is 332 g/mol. The third kappa shape index (κ3) is 10.2. The van der Waals surface area contributed by atoms with E-state index in [1.165, 1.54) is 44.9 Å². The number of rotatable bonds is 14. The van der Waals surface area contributed by atoms with Crippen molar-refractivity contribution >= 4 is 11.8 Å². The summed E-state index contributed by atoms with van der Waals surface area (Å²) in [6.45, 7) is 2.40. The number of ketones is 1. The van der Waals surface area contributed by atoms with E-state index < -0.39 is 11.8 Å². The molecule has 0 amide bonds. The summed E-state index contributed by atoms with van der Waals surface area (Å²) in [5.74, 6) is -1.10. The van der Waals surface area contributed by atoms with Crippen molar-refractivity contribution in [2.75, 3.05) is 0 Å². The van der Waals surface area contributed by atoms with Crippen molar-refractivity contribution < 1.29 is 14.3 Å². The van der Waals surface area contributed by atoms with Gasteiger partial charge in [0.2, 0.25) is 5.78 Å². The van der Waals surface area contributed by atoms with Gasteiger partial charge in [-0.3, -0.25) is 4.79 Å². The van der Waals surface area contributed by atoms with Crippen LogP contribution in [0.5, 0.6) is 0 Å². The SMILES string of the molecule is CCCCCCCCCCCCC(=O)C(=O)OCc1ccccc1. The summed E-state index contributed by atoms with van der Waals surface area (Å²) in [5, 5.41) is 0. The summed E-state index contributed by atoms with van der Waals surface area (Å²) in [5.41, 5.74) is 0.901. The molecule has 0 aliphatic carbocycles. The van der Waals surface area contributed by atoms with Gasteiger partial charge in [-0.2, -0.15) is 0 Å². The second-order valence-corrected chi connectivity index (χ2v) is 6.42. The molecule has 0 atom stereocenters. The Morgan fingerprint density at radius 1 is 0.792 bits per heavy atom. The molecule has 0 aliphatic rings. The predicted octanol–water partition coefficient (Wildman–Crippen LogP) is 5.61. The highest BCUT2D eigenvalue weighted by Crippen LogP contribution is 2.11. The first-order valence-corrected chi connectivity index (χ1v) is 9.48. The van der Waals surface area contributed by atoms with E-state index in [4.69, 9.17) is 4.74 Å². The van der Waals surface area contributed by atoms with Gasteiger partial charge in [0.25, 0.3) is 0 Å². The minimum atomic E-state index is -0.699. The number of hydrogen-bond acceptors (Lipinski definition) is 3. The van der Waals surface area contributed by atoms with Crippen LogP contribution in [0.25, 0.3) is 0 Å². The molecule has 0 N–H and O–H groups in total. The Morgan fingerprint density at radius 2 is 1.33 bits per heavy atom. The van der Waals surface area contributed by atoms with Gasteiger partial charge in [-0.25, -0.2) is 4.79 Å². The van der Waals surface area contributed by atoms with Crippen molar-refractivity contribution in [1.29, 1.82) is 0 Å². The molecule has 0 heterocycles. The molecule has 0 aromatic heterocycles. The van der Waals surface area contributed by atoms with Gasteiger partial charge in [-0.05, 0) is 12.0 Å². The Labute approximate surface area is 146 Å². The van der Waals surface area contributed by atoms with Crippen LogP contribution in [-0.2, 0) is 20.9 Å². The lowest BCUT2D eigenvalue weighted by molar-refractivity contribution is -0.154. The molecule has 0 saturated heterocycles. The normalized spacial score (nSPS) is 10.5. The summed E-state index contributed by atoms with van der Waals surface area (Å²) in [6.07, 6.45) is 12.5. The lowest BCUT2D eigenvalue weighted by atomic mass is 10.1. The maximum Gasteiger partial charge on any atom is 0.374 e. The summed E-state index contributed by atoms with van der Waals surface area (Å²) in [6, 6.07) is 9.42. The lowest BCUT2D eigenvalue weighted by Gasteiger charge is -2.04. The van der Waals surface area contributed by atoms with Crippen LogP contribution >= 0.6 is 0 Å². The fourth-order valence-corrected chi connectivity index (χ4v) is 2.68. The van der Waals surface area contributed by atoms with Crippen LogP contribution < -0.4 is 0 Å². The molecule has 1 aromatic rings. The van der Waals surface area contributed by atoms with Gasteiger partial charge >= 0.3 is 5.97 Å². The van der Waals surface area contributed by atoms with Crippen molar-refractivity contribution in [2.45, 2.75) is 84.2 Å². The number of hydrogen-bond donors (Lipinski definition) is 0. The van der Waals surface area contributed by atoms with Gasteiger partial charge in [0, 0.05) is 6.42 Å². The number of esters is 1. The zero-order valence-electron chi connectivity index (χ0n) is 15.1. The van der Waals surface area contributed by atoms with Gasteiger partial charge in [-0.1, -0.05) is 95.0 Å². The highest BCUT2D eigenvalue weighted by atomic mass is 16.5. The number of carbonyl (C=O) groups is 2. The van der Waals surface area contributed by atoms with Crippen LogP contribution in [0, 0.1) is 0 Å². The number of benzene rings is 1. The van der Waals surface area contributed by atoms with Crippen molar-refractivity contribution in [3.63, 3.8) is 0 Å². The molecule has 0 unspecified atom stereocenters. The zero-order chi connectivity index (χ0) is 17.5. The van der Waals surface area contributed by atoms with E-state index in [2.05, 4.69) is 6.92 Å². The third-order valence-corrected chi connectivity index (χ3v) is 4.20. The molecule has 1 rings (SSSR count). The van der Waals surface area contributed by atoms with Crippen LogP contribution in [0.2, 0.25) is 0 Å². The van der Waals surface area contributed by atoms with Crippen LogP contribution in [0.4, 0.5) is 0 Å². The molecule has 0 radical (unpaired) electrons. The Morgan fingerprint density at radius 3 is 1.92 bits per heavy atom. The highest BCUT2D eigenvalue weighted by molar-refractivity contribution is 6.33. The predicted molar refractivity (Wildman–Crippen MR) is 97.7 cm³/mol. The number of ether oxygens (including phenoxy) is 1. The van der Waals surface area contributed by atoms with E-state index in [0.717, 1.165) is 24.8 Å². The molecule has 0 saturated carbocycles. The van der Waals surface area contributed by atoms with Crippen molar-refractivity contribution in [3.8, 4) is 0 Å². The van der Waals surface area contributed by atoms with Crippen molar-refractivity contribution in [2.24, 2.45) is 0 Å². The highest BCUT2D eigenvalue weighted by Gasteiger charge is 2.14. The molecule has 0 fully saturated rings. The van der Waals surface area contributed by atoms with Gasteiger partial charge < -0.3 is 4.74 Å². The molecule has 3 heteroatoms. The quantitative estimate of drug-likeness (QED) is 0.253. The number of unbranched alkanes of at least 4 members (excludes halogenated alkanes) is 9. The maximum absolute atomic E-state index is 11.7. The van der Waals surface area contributed by atoms with Gasteiger partial charge in [0.05, 0.1) is 0 Å². The summed E-state index contributed by atoms with van der Waals surface area (Å²) in [4.78, 5) is 23.4. The monoisotopic (exact) mass is 332 g/mol. The Balaban J connectivity index is 1.96. The average Bonchev–Trinajstić information content (AvgIpc) is 2.62. The minimum absolute atomic E-state index is 0.170. The Kier molecular flexibility index (Phi) is 11.7. The fraction of sp³-hybridized carbons (Fsp3) is 0.619. The maximum atomic E-state index is 11.7. The Hall–Kier alpha value is -1.64. The lowest BCUT2D eigenvalue weighted by Crippen LogP contribution is -2.17. The molecule has 3 nitrogen and oxygen atoms in total.